The normalized spacial score (nSPS) is 17.7. The fraction of sp³-hybridized carbons (Fsp3) is 0.588. The summed E-state index contributed by atoms with van der Waals surface area (Å²) in [5, 5.41) is 15.1. The number of hydrogen-bond acceptors (Lipinski definition) is 4. The number of rotatable bonds is 5. The van der Waals surface area contributed by atoms with Gasteiger partial charge in [-0.2, -0.15) is 10.2 Å². The quantitative estimate of drug-likeness (QED) is 0.841. The third-order valence-corrected chi connectivity index (χ3v) is 4.58. The number of aromatic nitrogens is 4. The molecule has 1 aliphatic carbocycles. The fourth-order valence-corrected chi connectivity index (χ4v) is 3.22. The lowest BCUT2D eigenvalue weighted by molar-refractivity contribution is -0.124. The van der Waals surface area contributed by atoms with Crippen molar-refractivity contribution in [3.63, 3.8) is 0 Å². The van der Waals surface area contributed by atoms with Crippen LogP contribution in [0.15, 0.2) is 18.6 Å². The third kappa shape index (κ3) is 4.22. The number of halogens is 1. The van der Waals surface area contributed by atoms with Gasteiger partial charge in [-0.05, 0) is 39.3 Å². The Morgan fingerprint density at radius 1 is 1.36 bits per heavy atom. The molecular weight excluding hydrogens is 340 g/mol. The zero-order chi connectivity index (χ0) is 17.3. The van der Waals surface area contributed by atoms with Gasteiger partial charge in [0, 0.05) is 43.5 Å². The predicted octanol–water partition coefficient (Wildman–Crippen LogP) is 1.55. The van der Waals surface area contributed by atoms with Crippen molar-refractivity contribution in [1.82, 2.24) is 30.2 Å². The summed E-state index contributed by atoms with van der Waals surface area (Å²) in [4.78, 5) is 12.6. The zero-order valence-corrected chi connectivity index (χ0v) is 16.0. The van der Waals surface area contributed by atoms with Crippen LogP contribution in [0.3, 0.4) is 0 Å². The van der Waals surface area contributed by atoms with Gasteiger partial charge < -0.3 is 10.6 Å². The molecule has 0 aromatic carbocycles. The Morgan fingerprint density at radius 2 is 2.12 bits per heavy atom. The van der Waals surface area contributed by atoms with Gasteiger partial charge in [0.1, 0.15) is 6.04 Å². The van der Waals surface area contributed by atoms with E-state index in [1.807, 2.05) is 17.9 Å². The Labute approximate surface area is 154 Å². The van der Waals surface area contributed by atoms with Crippen molar-refractivity contribution in [1.29, 1.82) is 0 Å². The van der Waals surface area contributed by atoms with Crippen molar-refractivity contribution in [3.8, 4) is 0 Å². The second kappa shape index (κ2) is 8.01. The predicted molar refractivity (Wildman–Crippen MR) is 98.8 cm³/mol. The summed E-state index contributed by atoms with van der Waals surface area (Å²) in [5.74, 6) is -0.0118. The van der Waals surface area contributed by atoms with Crippen LogP contribution >= 0.6 is 12.4 Å². The van der Waals surface area contributed by atoms with E-state index in [4.69, 9.17) is 0 Å². The molecule has 0 spiro atoms. The smallest absolute Gasteiger partial charge is 0.242 e. The molecule has 0 aliphatic heterocycles. The van der Waals surface area contributed by atoms with Gasteiger partial charge in [-0.25, -0.2) is 0 Å². The van der Waals surface area contributed by atoms with E-state index in [1.165, 1.54) is 5.56 Å². The molecule has 0 fully saturated rings. The van der Waals surface area contributed by atoms with Gasteiger partial charge in [-0.1, -0.05) is 0 Å². The SMILES string of the molecule is CNC(C(=O)NC1CCc2cn(C(C)C)nc2C1)c1cnn(C)c1.Cl. The van der Waals surface area contributed by atoms with Crippen LogP contribution in [0.25, 0.3) is 0 Å². The minimum absolute atomic E-state index is 0. The van der Waals surface area contributed by atoms with Crippen LogP contribution in [0.4, 0.5) is 0 Å². The van der Waals surface area contributed by atoms with Crippen LogP contribution in [0, 0.1) is 0 Å². The number of nitrogens with zero attached hydrogens (tertiary/aromatic N) is 4. The number of nitrogens with one attached hydrogen (secondary N) is 2. The average molecular weight is 367 g/mol. The summed E-state index contributed by atoms with van der Waals surface area (Å²) in [6.45, 7) is 4.26. The molecule has 7 nitrogen and oxygen atoms in total. The van der Waals surface area contributed by atoms with Crippen molar-refractivity contribution in [2.75, 3.05) is 7.05 Å². The molecule has 0 bridgehead atoms. The summed E-state index contributed by atoms with van der Waals surface area (Å²) >= 11 is 0. The summed E-state index contributed by atoms with van der Waals surface area (Å²) in [5.41, 5.74) is 3.30. The van der Waals surface area contributed by atoms with E-state index in [9.17, 15) is 4.79 Å². The maximum absolute atomic E-state index is 12.6. The minimum atomic E-state index is -0.381. The van der Waals surface area contributed by atoms with Crippen molar-refractivity contribution >= 4 is 18.3 Å². The van der Waals surface area contributed by atoms with Crippen LogP contribution in [0.1, 0.15) is 49.2 Å². The first-order chi connectivity index (χ1) is 11.5. The van der Waals surface area contributed by atoms with Crippen LogP contribution in [0.5, 0.6) is 0 Å². The van der Waals surface area contributed by atoms with Gasteiger partial charge in [0.05, 0.1) is 11.9 Å². The molecule has 2 aromatic rings. The van der Waals surface area contributed by atoms with Crippen LogP contribution in [-0.2, 0) is 24.7 Å². The molecule has 2 aromatic heterocycles. The number of fused-ring (bicyclic) bond motifs is 1. The Morgan fingerprint density at radius 3 is 2.72 bits per heavy atom. The van der Waals surface area contributed by atoms with E-state index >= 15 is 0 Å². The summed E-state index contributed by atoms with van der Waals surface area (Å²) in [6.07, 6.45) is 8.44. The molecule has 2 unspecified atom stereocenters. The highest BCUT2D eigenvalue weighted by molar-refractivity contribution is 5.85. The number of carbonyl (C=O) groups excluding carboxylic acids is 1. The number of carbonyl (C=O) groups is 1. The molecule has 0 radical (unpaired) electrons. The zero-order valence-electron chi connectivity index (χ0n) is 15.2. The molecule has 0 saturated heterocycles. The lowest BCUT2D eigenvalue weighted by Gasteiger charge is -2.24. The van der Waals surface area contributed by atoms with Gasteiger partial charge in [0.25, 0.3) is 0 Å². The van der Waals surface area contributed by atoms with Gasteiger partial charge in [0.15, 0.2) is 0 Å². The monoisotopic (exact) mass is 366 g/mol. The minimum Gasteiger partial charge on any atom is -0.351 e. The number of hydrogen-bond donors (Lipinski definition) is 2. The average Bonchev–Trinajstić information content (AvgIpc) is 3.14. The molecule has 138 valence electrons. The molecule has 2 heterocycles. The van der Waals surface area contributed by atoms with Gasteiger partial charge in [-0.3, -0.25) is 14.2 Å². The largest absolute Gasteiger partial charge is 0.351 e. The van der Waals surface area contributed by atoms with Gasteiger partial charge in [-0.15, -0.1) is 12.4 Å². The fourth-order valence-electron chi connectivity index (χ4n) is 3.22. The van der Waals surface area contributed by atoms with Crippen LogP contribution < -0.4 is 10.6 Å². The Kier molecular flexibility index (Phi) is 6.24. The summed E-state index contributed by atoms with van der Waals surface area (Å²) < 4.78 is 3.72. The molecule has 8 heteroatoms. The Hall–Kier alpha value is -1.86. The van der Waals surface area contributed by atoms with Gasteiger partial charge in [0.2, 0.25) is 5.91 Å². The molecule has 0 saturated carbocycles. The first kappa shape index (κ1) is 19.5. The standard InChI is InChI=1S/C17H26N6O.ClH/c1-11(2)23-10-12-5-6-14(7-15(12)21-23)20-17(24)16(18-3)13-8-19-22(4)9-13;/h8-11,14,16,18H,5-7H2,1-4H3,(H,20,24);1H. The van der Waals surface area contributed by atoms with Crippen LogP contribution in [0.2, 0.25) is 0 Å². The highest BCUT2D eigenvalue weighted by atomic mass is 35.5. The lowest BCUT2D eigenvalue weighted by atomic mass is 9.93. The second-order valence-corrected chi connectivity index (χ2v) is 6.79. The number of amides is 1. The van der Waals surface area contributed by atoms with Crippen LogP contribution in [-0.4, -0.2) is 38.6 Å². The van der Waals surface area contributed by atoms with E-state index < -0.39 is 0 Å². The number of aryl methyl sites for hydroxylation is 2. The van der Waals surface area contributed by atoms with Crippen molar-refractivity contribution in [3.05, 3.63) is 35.4 Å². The second-order valence-electron chi connectivity index (χ2n) is 6.79. The van der Waals surface area contributed by atoms with E-state index in [-0.39, 0.29) is 30.4 Å². The Balaban J connectivity index is 0.00000225. The summed E-state index contributed by atoms with van der Waals surface area (Å²) in [6, 6.07) is 0.115. The molecule has 2 atom stereocenters. The first-order valence-corrected chi connectivity index (χ1v) is 8.51. The molecule has 1 amide bonds. The Bertz CT molecular complexity index is 723. The lowest BCUT2D eigenvalue weighted by Crippen LogP contribution is -2.44. The van der Waals surface area contributed by atoms with Crippen molar-refractivity contribution in [2.24, 2.45) is 7.05 Å². The first-order valence-electron chi connectivity index (χ1n) is 8.51. The molecule has 25 heavy (non-hydrogen) atoms. The van der Waals surface area contributed by atoms with Crippen molar-refractivity contribution < 1.29 is 4.79 Å². The topological polar surface area (TPSA) is 76.8 Å². The van der Waals surface area contributed by atoms with E-state index in [0.29, 0.717) is 6.04 Å². The van der Waals surface area contributed by atoms with E-state index in [1.54, 1.807) is 17.9 Å². The highest BCUT2D eigenvalue weighted by Crippen LogP contribution is 2.22. The highest BCUT2D eigenvalue weighted by Gasteiger charge is 2.27. The third-order valence-electron chi connectivity index (χ3n) is 4.58. The molecular formula is C17H27ClN6O. The maximum atomic E-state index is 12.6. The molecule has 3 rings (SSSR count). The summed E-state index contributed by atoms with van der Waals surface area (Å²) in [7, 11) is 3.64. The maximum Gasteiger partial charge on any atom is 0.242 e. The number of likely N-dealkylation sites (N-methyl/N-ethyl adjacent to an activating group) is 1. The van der Waals surface area contributed by atoms with E-state index in [2.05, 4.69) is 40.9 Å². The molecule has 2 N–H and O–H groups in total. The van der Waals surface area contributed by atoms with E-state index in [0.717, 1.165) is 30.5 Å². The molecule has 1 aliphatic rings. The van der Waals surface area contributed by atoms with Crippen molar-refractivity contribution in [2.45, 2.75) is 51.2 Å². The van der Waals surface area contributed by atoms with Gasteiger partial charge >= 0.3 is 0 Å².